The number of aliphatic hydroxyl groups excluding tert-OH is 1. The summed E-state index contributed by atoms with van der Waals surface area (Å²) in [6.45, 7) is 8.21. The molecule has 110 valence electrons. The molecule has 2 aliphatic heterocycles. The molecule has 3 aliphatic rings. The first-order chi connectivity index (χ1) is 8.77. The first-order valence-electron chi connectivity index (χ1n) is 7.08. The number of hydrogen-bond acceptors (Lipinski definition) is 5. The lowest BCUT2D eigenvalue weighted by atomic mass is 9.73. The summed E-state index contributed by atoms with van der Waals surface area (Å²) in [4.78, 5) is 0. The maximum atomic E-state index is 9.83. The van der Waals surface area contributed by atoms with Crippen molar-refractivity contribution in [3.05, 3.63) is 0 Å². The monoisotopic (exact) mass is 272 g/mol. The van der Waals surface area contributed by atoms with Gasteiger partial charge >= 0.3 is 0 Å². The molecule has 3 fully saturated rings. The van der Waals surface area contributed by atoms with Crippen LogP contribution in [0.1, 0.15) is 40.5 Å². The second-order valence-corrected chi connectivity index (χ2v) is 6.82. The fourth-order valence-electron chi connectivity index (χ4n) is 3.72. The highest BCUT2D eigenvalue weighted by Gasteiger charge is 2.60. The van der Waals surface area contributed by atoms with Gasteiger partial charge in [-0.3, -0.25) is 0 Å². The van der Waals surface area contributed by atoms with E-state index >= 15 is 0 Å². The van der Waals surface area contributed by atoms with Crippen molar-refractivity contribution in [3.8, 4) is 0 Å². The van der Waals surface area contributed by atoms with Gasteiger partial charge in [-0.15, -0.1) is 0 Å². The van der Waals surface area contributed by atoms with Gasteiger partial charge in [0.1, 0.15) is 5.60 Å². The van der Waals surface area contributed by atoms with E-state index in [2.05, 4.69) is 0 Å². The smallest absolute Gasteiger partial charge is 0.163 e. The lowest BCUT2D eigenvalue weighted by Crippen LogP contribution is -2.56. The van der Waals surface area contributed by atoms with Crippen LogP contribution in [0.4, 0.5) is 0 Å². The van der Waals surface area contributed by atoms with Crippen LogP contribution in [0.3, 0.4) is 0 Å². The molecule has 2 saturated heterocycles. The van der Waals surface area contributed by atoms with E-state index in [0.29, 0.717) is 6.61 Å². The third-order valence-electron chi connectivity index (χ3n) is 4.46. The molecule has 0 aromatic carbocycles. The van der Waals surface area contributed by atoms with Gasteiger partial charge in [-0.25, -0.2) is 0 Å². The van der Waals surface area contributed by atoms with E-state index in [0.717, 1.165) is 12.8 Å². The Labute approximate surface area is 114 Å². The van der Waals surface area contributed by atoms with Gasteiger partial charge < -0.3 is 24.1 Å². The molecule has 0 aromatic heterocycles. The van der Waals surface area contributed by atoms with Gasteiger partial charge in [0.2, 0.25) is 0 Å². The predicted octanol–water partition coefficient (Wildman–Crippen LogP) is 1.43. The van der Waals surface area contributed by atoms with Crippen molar-refractivity contribution in [2.45, 2.75) is 69.9 Å². The van der Waals surface area contributed by atoms with Crippen LogP contribution in [0.5, 0.6) is 0 Å². The summed E-state index contributed by atoms with van der Waals surface area (Å²) >= 11 is 0. The largest absolute Gasteiger partial charge is 0.396 e. The van der Waals surface area contributed by atoms with Gasteiger partial charge in [-0.05, 0) is 40.5 Å². The summed E-state index contributed by atoms with van der Waals surface area (Å²) in [5.74, 6) is -1.27. The first-order valence-corrected chi connectivity index (χ1v) is 7.08. The summed E-state index contributed by atoms with van der Waals surface area (Å²) in [6.07, 6.45) is 1.64. The van der Waals surface area contributed by atoms with Crippen molar-refractivity contribution in [2.75, 3.05) is 13.2 Å². The van der Waals surface area contributed by atoms with E-state index in [1.165, 1.54) is 0 Å². The molecule has 5 heteroatoms. The molecule has 5 nitrogen and oxygen atoms in total. The lowest BCUT2D eigenvalue weighted by Gasteiger charge is -2.44. The molecule has 0 bridgehead atoms. The van der Waals surface area contributed by atoms with E-state index in [4.69, 9.17) is 18.9 Å². The Bertz CT molecular complexity index is 365. The zero-order valence-electron chi connectivity index (χ0n) is 12.1. The molecule has 1 saturated carbocycles. The fourth-order valence-corrected chi connectivity index (χ4v) is 3.72. The summed E-state index contributed by atoms with van der Waals surface area (Å²) in [5.41, 5.74) is -0.441. The molecule has 0 amide bonds. The predicted molar refractivity (Wildman–Crippen MR) is 67.5 cm³/mol. The Hall–Kier alpha value is -0.200. The molecule has 0 unspecified atom stereocenters. The molecule has 1 spiro atoms. The average Bonchev–Trinajstić information content (AvgIpc) is 2.75. The van der Waals surface area contributed by atoms with Crippen molar-refractivity contribution in [3.63, 3.8) is 0 Å². The van der Waals surface area contributed by atoms with Crippen LogP contribution in [0.15, 0.2) is 0 Å². The Balaban J connectivity index is 1.86. The zero-order chi connectivity index (χ0) is 13.9. The van der Waals surface area contributed by atoms with Crippen molar-refractivity contribution >= 4 is 0 Å². The van der Waals surface area contributed by atoms with E-state index < -0.39 is 17.2 Å². The van der Waals surface area contributed by atoms with Gasteiger partial charge in [0, 0.05) is 5.92 Å². The van der Waals surface area contributed by atoms with Crippen LogP contribution in [-0.2, 0) is 18.9 Å². The van der Waals surface area contributed by atoms with Gasteiger partial charge in [0.05, 0.1) is 25.4 Å². The maximum absolute atomic E-state index is 9.83. The summed E-state index contributed by atoms with van der Waals surface area (Å²) < 4.78 is 23.8. The Morgan fingerprint density at radius 1 is 1.11 bits per heavy atom. The molecule has 19 heavy (non-hydrogen) atoms. The van der Waals surface area contributed by atoms with Crippen LogP contribution in [0.25, 0.3) is 0 Å². The van der Waals surface area contributed by atoms with Crippen LogP contribution in [0, 0.1) is 5.92 Å². The highest BCUT2D eigenvalue weighted by Crippen LogP contribution is 2.49. The number of fused-ring (bicyclic) bond motifs is 1. The van der Waals surface area contributed by atoms with Crippen molar-refractivity contribution in [1.29, 1.82) is 0 Å². The molecular formula is C14H24O5. The molecule has 1 N–H and O–H groups in total. The number of aliphatic hydroxyl groups is 1. The van der Waals surface area contributed by atoms with E-state index in [1.54, 1.807) is 0 Å². The third kappa shape index (κ3) is 2.21. The SMILES string of the molecule is CC1(C)O[C@@H]2[C@@H](CC[C@@]3(COC(C)(C)O3)[C@H]2CO)O1. The lowest BCUT2D eigenvalue weighted by molar-refractivity contribution is -0.204. The summed E-state index contributed by atoms with van der Waals surface area (Å²) in [7, 11) is 0. The zero-order valence-corrected chi connectivity index (χ0v) is 12.1. The third-order valence-corrected chi connectivity index (χ3v) is 4.46. The van der Waals surface area contributed by atoms with E-state index in [-0.39, 0.29) is 24.7 Å². The minimum atomic E-state index is -0.588. The highest BCUT2D eigenvalue weighted by molar-refractivity contribution is 5.05. The molecule has 4 atom stereocenters. The fraction of sp³-hybridized carbons (Fsp3) is 1.00. The Morgan fingerprint density at radius 3 is 2.42 bits per heavy atom. The average molecular weight is 272 g/mol. The van der Waals surface area contributed by atoms with E-state index in [9.17, 15) is 5.11 Å². The van der Waals surface area contributed by atoms with E-state index in [1.807, 2.05) is 27.7 Å². The highest BCUT2D eigenvalue weighted by atomic mass is 16.8. The number of rotatable bonds is 1. The Kier molecular flexibility index (Phi) is 3.01. The summed E-state index contributed by atoms with van der Waals surface area (Å²) in [5, 5.41) is 9.83. The number of hydrogen-bond donors (Lipinski definition) is 1. The van der Waals surface area contributed by atoms with Gasteiger partial charge in [-0.1, -0.05) is 0 Å². The van der Waals surface area contributed by atoms with Gasteiger partial charge in [0.25, 0.3) is 0 Å². The van der Waals surface area contributed by atoms with Crippen molar-refractivity contribution in [1.82, 2.24) is 0 Å². The second kappa shape index (κ2) is 4.15. The quantitative estimate of drug-likeness (QED) is 0.782. The first kappa shape index (κ1) is 13.8. The van der Waals surface area contributed by atoms with Crippen LogP contribution >= 0.6 is 0 Å². The molecule has 0 aromatic rings. The summed E-state index contributed by atoms with van der Waals surface area (Å²) in [6, 6.07) is 0. The maximum Gasteiger partial charge on any atom is 0.163 e. The molecular weight excluding hydrogens is 248 g/mol. The van der Waals surface area contributed by atoms with Crippen molar-refractivity contribution < 1.29 is 24.1 Å². The standard InChI is InChI=1S/C14H24O5/c1-12(2)16-8-14(19-12)6-5-10-11(9(14)7-15)18-13(3,4)17-10/h9-11,15H,5-8H2,1-4H3/t9-,10+,11-,14+/m0/s1. The van der Waals surface area contributed by atoms with Crippen molar-refractivity contribution in [2.24, 2.45) is 5.92 Å². The van der Waals surface area contributed by atoms with Crippen LogP contribution < -0.4 is 0 Å². The molecule has 3 rings (SSSR count). The van der Waals surface area contributed by atoms with Crippen LogP contribution in [-0.4, -0.2) is 47.7 Å². The van der Waals surface area contributed by atoms with Gasteiger partial charge in [-0.2, -0.15) is 0 Å². The van der Waals surface area contributed by atoms with Crippen LogP contribution in [0.2, 0.25) is 0 Å². The number of ether oxygens (including phenoxy) is 4. The minimum absolute atomic E-state index is 0.0278. The Morgan fingerprint density at radius 2 is 1.84 bits per heavy atom. The topological polar surface area (TPSA) is 57.2 Å². The minimum Gasteiger partial charge on any atom is -0.396 e. The molecule has 2 heterocycles. The normalized spacial score (nSPS) is 47.5. The second-order valence-electron chi connectivity index (χ2n) is 6.82. The molecule has 1 aliphatic carbocycles. The van der Waals surface area contributed by atoms with Gasteiger partial charge in [0.15, 0.2) is 11.6 Å². The molecule has 0 radical (unpaired) electrons.